The number of carbonyl (C=O) groups excluding carboxylic acids is 1. The van der Waals surface area contributed by atoms with Crippen molar-refractivity contribution in [2.24, 2.45) is 0 Å². The predicted octanol–water partition coefficient (Wildman–Crippen LogP) is 1.50. The maximum atomic E-state index is 11.0. The number of amides is 1. The molecule has 2 nitrogen and oxygen atoms in total. The van der Waals surface area contributed by atoms with Gasteiger partial charge in [-0.05, 0) is 18.2 Å². The topological polar surface area (TPSA) is 29.1 Å². The Morgan fingerprint density at radius 3 is 3.00 bits per heavy atom. The highest BCUT2D eigenvalue weighted by Gasteiger charge is 2.05. The van der Waals surface area contributed by atoms with Gasteiger partial charge in [0.25, 0.3) is 5.91 Å². The van der Waals surface area contributed by atoms with Crippen LogP contribution in [0.3, 0.4) is 0 Å². The smallest absolute Gasteiger partial charge is 0.252 e. The van der Waals surface area contributed by atoms with Crippen molar-refractivity contribution in [2.45, 2.75) is 0 Å². The van der Waals surface area contributed by atoms with Crippen LogP contribution in [0.5, 0.6) is 0 Å². The van der Waals surface area contributed by atoms with Crippen molar-refractivity contribution < 1.29 is 4.79 Å². The molecule has 1 amide bonds. The first-order valence-electron chi connectivity index (χ1n) is 3.13. The highest BCUT2D eigenvalue weighted by atomic mass is 35.5. The van der Waals surface area contributed by atoms with Crippen LogP contribution in [0.25, 0.3) is 0 Å². The van der Waals surface area contributed by atoms with E-state index >= 15 is 0 Å². The van der Waals surface area contributed by atoms with Gasteiger partial charge in [-0.3, -0.25) is 4.79 Å². The van der Waals surface area contributed by atoms with Gasteiger partial charge in [0, 0.05) is 7.05 Å². The van der Waals surface area contributed by atoms with Crippen LogP contribution in [-0.4, -0.2) is 13.0 Å². The second-order valence-corrected chi connectivity index (χ2v) is 2.39. The zero-order valence-corrected chi connectivity index (χ0v) is 6.77. The van der Waals surface area contributed by atoms with Crippen LogP contribution in [0.15, 0.2) is 18.2 Å². The first-order chi connectivity index (χ1) is 5.25. The quantitative estimate of drug-likeness (QED) is 0.677. The number of nitrogens with one attached hydrogen (secondary N) is 1. The summed E-state index contributed by atoms with van der Waals surface area (Å²) < 4.78 is 0. The first-order valence-corrected chi connectivity index (χ1v) is 3.51. The molecule has 0 aliphatic rings. The summed E-state index contributed by atoms with van der Waals surface area (Å²) in [7, 11) is 1.56. The number of carbonyl (C=O) groups is 1. The van der Waals surface area contributed by atoms with E-state index in [1.807, 2.05) is 0 Å². The zero-order chi connectivity index (χ0) is 8.27. The molecule has 0 fully saturated rings. The Balaban J connectivity index is 3.03. The van der Waals surface area contributed by atoms with Crippen molar-refractivity contribution in [1.82, 2.24) is 5.32 Å². The monoisotopic (exact) mass is 168 g/mol. The number of hydrogen-bond acceptors (Lipinski definition) is 1. The van der Waals surface area contributed by atoms with E-state index in [-0.39, 0.29) is 5.91 Å². The molecule has 0 saturated carbocycles. The van der Waals surface area contributed by atoms with Gasteiger partial charge in [0.1, 0.15) is 0 Å². The number of hydrogen-bond donors (Lipinski definition) is 1. The molecule has 0 unspecified atom stereocenters. The largest absolute Gasteiger partial charge is 0.355 e. The summed E-state index contributed by atoms with van der Waals surface area (Å²) in [6, 6.07) is 7.61. The molecule has 11 heavy (non-hydrogen) atoms. The molecular formula is C8H7ClNO. The number of benzene rings is 1. The van der Waals surface area contributed by atoms with E-state index in [0.29, 0.717) is 10.6 Å². The predicted molar refractivity (Wildman–Crippen MR) is 43.7 cm³/mol. The Morgan fingerprint density at radius 2 is 2.45 bits per heavy atom. The molecular weight excluding hydrogens is 162 g/mol. The van der Waals surface area contributed by atoms with E-state index in [1.165, 1.54) is 0 Å². The minimum atomic E-state index is -0.177. The SMILES string of the molecule is CNC(=O)c1cc[c]cc1Cl. The van der Waals surface area contributed by atoms with Crippen LogP contribution in [0.2, 0.25) is 5.02 Å². The summed E-state index contributed by atoms with van der Waals surface area (Å²) in [5, 5.41) is 2.91. The van der Waals surface area contributed by atoms with Gasteiger partial charge in [-0.15, -0.1) is 0 Å². The van der Waals surface area contributed by atoms with Gasteiger partial charge in [-0.25, -0.2) is 0 Å². The van der Waals surface area contributed by atoms with Crippen LogP contribution in [0.4, 0.5) is 0 Å². The lowest BCUT2D eigenvalue weighted by Gasteiger charge is -1.99. The van der Waals surface area contributed by atoms with E-state index in [0.717, 1.165) is 0 Å². The Bertz CT molecular complexity index is 273. The summed E-state index contributed by atoms with van der Waals surface area (Å²) in [6.07, 6.45) is 0. The summed E-state index contributed by atoms with van der Waals surface area (Å²) in [6.45, 7) is 0. The number of halogens is 1. The van der Waals surface area contributed by atoms with Crippen LogP contribution in [0.1, 0.15) is 10.4 Å². The maximum Gasteiger partial charge on any atom is 0.252 e. The molecule has 0 aliphatic carbocycles. The zero-order valence-electron chi connectivity index (χ0n) is 6.02. The molecule has 0 heterocycles. The van der Waals surface area contributed by atoms with E-state index in [1.54, 1.807) is 25.2 Å². The molecule has 1 aromatic carbocycles. The summed E-state index contributed by atoms with van der Waals surface area (Å²) >= 11 is 5.71. The molecule has 1 rings (SSSR count). The Kier molecular flexibility index (Phi) is 2.49. The van der Waals surface area contributed by atoms with Crippen molar-refractivity contribution in [3.05, 3.63) is 34.9 Å². The second-order valence-electron chi connectivity index (χ2n) is 1.99. The van der Waals surface area contributed by atoms with Gasteiger partial charge in [-0.2, -0.15) is 0 Å². The summed E-state index contributed by atoms with van der Waals surface area (Å²) in [5.41, 5.74) is 0.480. The molecule has 1 radical (unpaired) electrons. The minimum Gasteiger partial charge on any atom is -0.355 e. The fourth-order valence-electron chi connectivity index (χ4n) is 0.729. The number of rotatable bonds is 1. The van der Waals surface area contributed by atoms with Gasteiger partial charge in [0.15, 0.2) is 0 Å². The molecule has 0 spiro atoms. The average Bonchev–Trinajstić information content (AvgIpc) is 2.04. The van der Waals surface area contributed by atoms with Gasteiger partial charge in [0.2, 0.25) is 0 Å². The van der Waals surface area contributed by atoms with Crippen LogP contribution in [-0.2, 0) is 0 Å². The molecule has 0 aliphatic heterocycles. The summed E-state index contributed by atoms with van der Waals surface area (Å²) in [4.78, 5) is 11.0. The van der Waals surface area contributed by atoms with Crippen LogP contribution in [0, 0.1) is 6.07 Å². The Hall–Kier alpha value is -1.02. The lowest BCUT2D eigenvalue weighted by Crippen LogP contribution is -2.17. The van der Waals surface area contributed by atoms with Crippen LogP contribution < -0.4 is 5.32 Å². The van der Waals surface area contributed by atoms with Crippen molar-refractivity contribution in [3.63, 3.8) is 0 Å². The lowest BCUT2D eigenvalue weighted by atomic mass is 10.2. The van der Waals surface area contributed by atoms with E-state index in [9.17, 15) is 4.79 Å². The molecule has 3 heteroatoms. The van der Waals surface area contributed by atoms with E-state index < -0.39 is 0 Å². The van der Waals surface area contributed by atoms with Gasteiger partial charge in [0.05, 0.1) is 10.6 Å². The third-order valence-electron chi connectivity index (χ3n) is 1.29. The Morgan fingerprint density at radius 1 is 1.73 bits per heavy atom. The van der Waals surface area contributed by atoms with Gasteiger partial charge in [-0.1, -0.05) is 17.7 Å². The molecule has 0 saturated heterocycles. The van der Waals surface area contributed by atoms with Gasteiger partial charge < -0.3 is 5.32 Å². The fourth-order valence-corrected chi connectivity index (χ4v) is 0.941. The normalized spacial score (nSPS) is 9.27. The van der Waals surface area contributed by atoms with Crippen molar-refractivity contribution >= 4 is 17.5 Å². The molecule has 0 bridgehead atoms. The molecule has 57 valence electrons. The minimum absolute atomic E-state index is 0.177. The van der Waals surface area contributed by atoms with Crippen molar-refractivity contribution in [3.8, 4) is 0 Å². The highest BCUT2D eigenvalue weighted by molar-refractivity contribution is 6.33. The molecule has 0 atom stereocenters. The fraction of sp³-hybridized carbons (Fsp3) is 0.125. The van der Waals surface area contributed by atoms with E-state index in [4.69, 9.17) is 11.6 Å². The molecule has 1 aromatic rings. The lowest BCUT2D eigenvalue weighted by molar-refractivity contribution is 0.0963. The third-order valence-corrected chi connectivity index (χ3v) is 1.60. The molecule has 1 N–H and O–H groups in total. The summed E-state index contributed by atoms with van der Waals surface area (Å²) in [5.74, 6) is -0.177. The standard InChI is InChI=1S/C8H7ClNO/c1-10-8(11)6-4-2-3-5-7(6)9/h2,4-5H,1H3,(H,10,11). The van der Waals surface area contributed by atoms with Gasteiger partial charge >= 0.3 is 0 Å². The van der Waals surface area contributed by atoms with Crippen molar-refractivity contribution in [2.75, 3.05) is 7.05 Å². The Labute approximate surface area is 70.2 Å². The molecule has 0 aromatic heterocycles. The average molecular weight is 169 g/mol. The second kappa shape index (κ2) is 3.39. The van der Waals surface area contributed by atoms with E-state index in [2.05, 4.69) is 11.4 Å². The first kappa shape index (κ1) is 8.08. The van der Waals surface area contributed by atoms with Crippen LogP contribution >= 0.6 is 11.6 Å². The van der Waals surface area contributed by atoms with Crippen molar-refractivity contribution in [1.29, 1.82) is 0 Å². The maximum absolute atomic E-state index is 11.0. The highest BCUT2D eigenvalue weighted by Crippen LogP contribution is 2.13. The third kappa shape index (κ3) is 1.71.